The number of hydrogen-bond donors (Lipinski definition) is 1. The summed E-state index contributed by atoms with van der Waals surface area (Å²) in [5.41, 5.74) is 0. The summed E-state index contributed by atoms with van der Waals surface area (Å²) in [5, 5.41) is 0. The van der Waals surface area contributed by atoms with Crippen LogP contribution in [0.3, 0.4) is 0 Å². The van der Waals surface area contributed by atoms with Crippen molar-refractivity contribution in [1.29, 1.82) is 0 Å². The molecule has 0 fully saturated rings. The van der Waals surface area contributed by atoms with Crippen molar-refractivity contribution in [3.63, 3.8) is 0 Å². The normalized spacial score (nSPS) is 9.40. The van der Waals surface area contributed by atoms with E-state index in [-0.39, 0.29) is 11.9 Å². The fourth-order valence-corrected chi connectivity index (χ4v) is 0. The summed E-state index contributed by atoms with van der Waals surface area (Å²) in [7, 11) is 0. The van der Waals surface area contributed by atoms with Gasteiger partial charge in [-0.2, -0.15) is 0 Å². The Morgan fingerprint density at radius 3 is 1.80 bits per heavy atom. The van der Waals surface area contributed by atoms with Gasteiger partial charge in [-0.05, 0) is 3.34 Å². The highest BCUT2D eigenvalue weighted by Crippen LogP contribution is 1.91. The highest BCUT2D eigenvalue weighted by atomic mass is 35.5. The van der Waals surface area contributed by atoms with Crippen LogP contribution in [0.1, 0.15) is 0 Å². The second-order valence-electron chi connectivity index (χ2n) is 0.297. The average molecular weight is 134 g/mol. The lowest BCUT2D eigenvalue weighted by atomic mass is 13.9. The third kappa shape index (κ3) is 4.69. The molecule has 0 aliphatic carbocycles. The Morgan fingerprint density at radius 1 is 1.60 bits per heavy atom. The summed E-state index contributed by atoms with van der Waals surface area (Å²) in [4.78, 5) is 0. The first kappa shape index (κ1) is 5.69. The molecule has 5 heteroatoms. The minimum Gasteiger partial charge on any atom is -0.244 e. The minimum absolute atomic E-state index is 0.389. The molecule has 2 nitrogen and oxygen atoms in total. The maximum atomic E-state index is 9.26. The van der Waals surface area contributed by atoms with E-state index in [0.29, 0.717) is 3.34 Å². The molecule has 0 atom stereocenters. The molecule has 0 N–H and O–H groups in total. The topological polar surface area (TPSA) is 20.3 Å². The van der Waals surface area contributed by atoms with Gasteiger partial charge in [-0.1, -0.05) is 0 Å². The van der Waals surface area contributed by atoms with Crippen molar-refractivity contribution >= 4 is 35.4 Å². The molecule has 0 amide bonds. The number of nitrogens with zero attached hydrogens (tertiary/aromatic N) is 1. The van der Waals surface area contributed by atoms with Gasteiger partial charge in [0, 0.05) is 23.6 Å². The van der Waals surface area contributed by atoms with Crippen molar-refractivity contribution in [3.05, 3.63) is 0 Å². The number of hydrogen-bond acceptors (Lipinski definition) is 1. The van der Waals surface area contributed by atoms with Crippen LogP contribution >= 0.6 is 23.6 Å². The van der Waals surface area contributed by atoms with E-state index in [4.69, 9.17) is 23.6 Å². The van der Waals surface area contributed by atoms with E-state index < -0.39 is 0 Å². The predicted molar refractivity (Wildman–Crippen MR) is 23.1 cm³/mol. The molecule has 0 rings (SSSR count). The van der Waals surface area contributed by atoms with E-state index in [1.54, 1.807) is 0 Å². The van der Waals surface area contributed by atoms with Gasteiger partial charge < -0.3 is 0 Å². The minimum atomic E-state index is -0.389. The SMILES string of the molecule is O=[SH]N(Cl)Cl. The molecular formula is HCl2NOS. The van der Waals surface area contributed by atoms with E-state index in [0.717, 1.165) is 0 Å². The lowest BCUT2D eigenvalue weighted by Gasteiger charge is -1.79. The molecule has 0 unspecified atom stereocenters. The van der Waals surface area contributed by atoms with Gasteiger partial charge in [0.15, 0.2) is 0 Å². The second kappa shape index (κ2) is 2.90. The van der Waals surface area contributed by atoms with Crippen molar-refractivity contribution in [3.8, 4) is 0 Å². The smallest absolute Gasteiger partial charge is 0.111 e. The van der Waals surface area contributed by atoms with Gasteiger partial charge in [-0.25, -0.2) is 4.21 Å². The van der Waals surface area contributed by atoms with Crippen LogP contribution in [0, 0.1) is 0 Å². The van der Waals surface area contributed by atoms with Crippen molar-refractivity contribution in [2.75, 3.05) is 0 Å². The molecule has 0 spiro atoms. The number of thiol groups is 1. The molecule has 0 heterocycles. The maximum Gasteiger partial charge on any atom is 0.111 e. The molecular weight excluding hydrogens is 133 g/mol. The molecule has 0 aromatic rings. The molecule has 0 saturated carbocycles. The van der Waals surface area contributed by atoms with E-state index in [9.17, 15) is 4.21 Å². The summed E-state index contributed by atoms with van der Waals surface area (Å²) in [6.45, 7) is 0. The van der Waals surface area contributed by atoms with Gasteiger partial charge in [0.05, 0.1) is 0 Å². The first-order chi connectivity index (χ1) is 2.27. The van der Waals surface area contributed by atoms with Crippen LogP contribution in [0.2, 0.25) is 0 Å². The quantitative estimate of drug-likeness (QED) is 0.408. The molecule has 0 aromatic heterocycles. The molecule has 0 bridgehead atoms. The van der Waals surface area contributed by atoms with Gasteiger partial charge in [0.2, 0.25) is 0 Å². The third-order valence-electron chi connectivity index (χ3n) is 0.0617. The van der Waals surface area contributed by atoms with Gasteiger partial charge >= 0.3 is 0 Å². The third-order valence-corrected chi connectivity index (χ3v) is 0.555. The zero-order valence-electron chi connectivity index (χ0n) is 2.06. The fourth-order valence-electron chi connectivity index (χ4n) is 0. The number of rotatable bonds is 1. The highest BCUT2D eigenvalue weighted by molar-refractivity contribution is 7.65. The predicted octanol–water partition coefficient (Wildman–Crippen LogP) is 0.456. The molecule has 0 saturated heterocycles. The molecule has 0 aliphatic heterocycles. The van der Waals surface area contributed by atoms with E-state index in [2.05, 4.69) is 0 Å². The molecule has 32 valence electrons. The lowest BCUT2D eigenvalue weighted by Crippen LogP contribution is -1.80. The van der Waals surface area contributed by atoms with Gasteiger partial charge in [-0.3, -0.25) is 0 Å². The van der Waals surface area contributed by atoms with Crippen LogP contribution in [0.15, 0.2) is 0 Å². The molecule has 0 radical (unpaired) electrons. The van der Waals surface area contributed by atoms with E-state index in [1.807, 2.05) is 0 Å². The summed E-state index contributed by atoms with van der Waals surface area (Å²) in [6, 6.07) is 0. The molecule has 5 heavy (non-hydrogen) atoms. The van der Waals surface area contributed by atoms with Gasteiger partial charge in [-0.15, -0.1) is 0 Å². The Balaban J connectivity index is 2.83. The van der Waals surface area contributed by atoms with E-state index in [1.165, 1.54) is 0 Å². The van der Waals surface area contributed by atoms with Gasteiger partial charge in [0.25, 0.3) is 0 Å². The maximum absolute atomic E-state index is 9.26. The zero-order valence-corrected chi connectivity index (χ0v) is 4.46. The Bertz CT molecular complexity index is 36.6. The Labute approximate surface area is 43.5 Å². The van der Waals surface area contributed by atoms with Crippen LogP contribution in [0.4, 0.5) is 0 Å². The van der Waals surface area contributed by atoms with Gasteiger partial charge in [0.1, 0.15) is 11.9 Å². The summed E-state index contributed by atoms with van der Waals surface area (Å²) < 4.78 is 9.75. The largest absolute Gasteiger partial charge is 0.244 e. The average Bonchev–Trinajstić information content (AvgIpc) is 1.38. The summed E-state index contributed by atoms with van der Waals surface area (Å²) in [6.07, 6.45) is 0. The van der Waals surface area contributed by atoms with Crippen LogP contribution < -0.4 is 0 Å². The van der Waals surface area contributed by atoms with Crippen molar-refractivity contribution in [2.24, 2.45) is 0 Å². The van der Waals surface area contributed by atoms with Crippen LogP contribution in [0.5, 0.6) is 0 Å². The monoisotopic (exact) mass is 133 g/mol. The van der Waals surface area contributed by atoms with Crippen LogP contribution in [0.25, 0.3) is 0 Å². The van der Waals surface area contributed by atoms with E-state index >= 15 is 0 Å². The summed E-state index contributed by atoms with van der Waals surface area (Å²) >= 11 is 9.08. The van der Waals surface area contributed by atoms with Crippen LogP contribution in [-0.2, 0) is 11.9 Å². The Kier molecular flexibility index (Phi) is 3.30. The standard InChI is InChI=1S/Cl2HNOS/c1-3(2)5-4/h5H. The first-order valence-corrected chi connectivity index (χ1v) is 2.16. The van der Waals surface area contributed by atoms with Crippen molar-refractivity contribution < 1.29 is 4.21 Å². The van der Waals surface area contributed by atoms with Crippen molar-refractivity contribution in [1.82, 2.24) is 3.34 Å². The fraction of sp³-hybridized carbons (Fsp3) is 0. The van der Waals surface area contributed by atoms with Crippen LogP contribution in [-0.4, -0.2) is 7.55 Å². The first-order valence-electron chi connectivity index (χ1n) is 0.721. The zero-order chi connectivity index (χ0) is 4.28. The van der Waals surface area contributed by atoms with Crippen molar-refractivity contribution in [2.45, 2.75) is 0 Å². The lowest BCUT2D eigenvalue weighted by molar-refractivity contribution is 0.685. The Hall–Kier alpha value is 0.690. The summed E-state index contributed by atoms with van der Waals surface area (Å²) in [5.74, 6) is 0. The molecule has 0 aromatic carbocycles. The Morgan fingerprint density at radius 2 is 1.80 bits per heavy atom. The second-order valence-corrected chi connectivity index (χ2v) is 2.18. The highest BCUT2D eigenvalue weighted by Gasteiger charge is 1.78. The molecule has 0 aliphatic rings. The number of halogens is 2.